The molecule has 1 aromatic carbocycles. The van der Waals surface area contributed by atoms with Gasteiger partial charge in [0.2, 0.25) is 0 Å². The summed E-state index contributed by atoms with van der Waals surface area (Å²) < 4.78 is 23.2. The Bertz CT molecular complexity index is 330. The van der Waals surface area contributed by atoms with Crippen molar-refractivity contribution in [2.75, 3.05) is 0 Å². The molecule has 0 aromatic heterocycles. The zero-order chi connectivity index (χ0) is 10.1. The van der Waals surface area contributed by atoms with Crippen molar-refractivity contribution in [1.29, 1.82) is 0 Å². The molecule has 1 rings (SSSR count). The molecular weight excluding hydrogens is 257 g/mol. The van der Waals surface area contributed by atoms with E-state index in [1.807, 2.05) is 0 Å². The standard InChI is InChI=1S/C6H4Cl2FO2PS/c7-13(8,12(10)11)6-3-1-5(9)2-4-6/h1-4H/p+1. The molecule has 0 saturated carbocycles. The Hall–Kier alpha value is 0.140. The van der Waals surface area contributed by atoms with Crippen molar-refractivity contribution >= 4 is 36.7 Å². The summed E-state index contributed by atoms with van der Waals surface area (Å²) in [7, 11) is 5.84. The topological polar surface area (TPSA) is 37.3 Å². The van der Waals surface area contributed by atoms with Gasteiger partial charge in [0.15, 0.2) is 8.08 Å². The van der Waals surface area contributed by atoms with Gasteiger partial charge < -0.3 is 0 Å². The zero-order valence-corrected chi connectivity index (χ0v) is 9.38. The van der Waals surface area contributed by atoms with Gasteiger partial charge >= 0.3 is 7.23 Å². The molecule has 0 amide bonds. The van der Waals surface area contributed by atoms with Gasteiger partial charge in [-0.3, -0.25) is 0 Å². The highest BCUT2D eigenvalue weighted by molar-refractivity contribution is 8.95. The first-order valence-electron chi connectivity index (χ1n) is 3.09. The third-order valence-electron chi connectivity index (χ3n) is 1.29. The minimum atomic E-state index is -2.75. The van der Waals surface area contributed by atoms with Gasteiger partial charge in [-0.05, 0) is 28.8 Å². The van der Waals surface area contributed by atoms with E-state index in [9.17, 15) is 8.96 Å². The summed E-state index contributed by atoms with van der Waals surface area (Å²) in [5, 5.41) is 0. The van der Waals surface area contributed by atoms with Gasteiger partial charge in [-0.2, -0.15) is 0 Å². The first kappa shape index (κ1) is 11.2. The van der Waals surface area contributed by atoms with Gasteiger partial charge in [-0.1, -0.05) is 0 Å². The molecular formula is C6H5Cl2FO2PS+. The monoisotopic (exact) mass is 261 g/mol. The third-order valence-corrected chi connectivity index (χ3v) is 7.53. The molecule has 0 spiro atoms. The van der Waals surface area contributed by atoms with E-state index in [1.54, 1.807) is 0 Å². The van der Waals surface area contributed by atoms with Gasteiger partial charge in [0.25, 0.3) is 0 Å². The zero-order valence-electron chi connectivity index (χ0n) is 6.15. The quantitative estimate of drug-likeness (QED) is 0.819. The van der Waals surface area contributed by atoms with Crippen molar-refractivity contribution < 1.29 is 13.8 Å². The minimum Gasteiger partial charge on any atom is -0.207 e. The van der Waals surface area contributed by atoms with Crippen molar-refractivity contribution in [3.05, 3.63) is 30.1 Å². The van der Waals surface area contributed by atoms with Crippen LogP contribution in [0.4, 0.5) is 4.39 Å². The largest absolute Gasteiger partial charge is 0.590 e. The summed E-state index contributed by atoms with van der Waals surface area (Å²) in [5.41, 5.74) is 0. The number of benzene rings is 1. The van der Waals surface area contributed by atoms with E-state index in [-0.39, 0.29) is 4.90 Å². The van der Waals surface area contributed by atoms with Crippen LogP contribution >= 0.6 is 36.7 Å². The molecule has 2 nitrogen and oxygen atoms in total. The van der Waals surface area contributed by atoms with Gasteiger partial charge in [0.05, 0.1) is 4.90 Å². The Kier molecular flexibility index (Phi) is 3.55. The average molecular weight is 262 g/mol. The second-order valence-corrected chi connectivity index (χ2v) is 11.1. The van der Waals surface area contributed by atoms with E-state index in [0.717, 1.165) is 12.1 Å². The Morgan fingerprint density at radius 2 is 1.77 bits per heavy atom. The van der Waals surface area contributed by atoms with Gasteiger partial charge in [0, 0.05) is 21.4 Å². The number of rotatable bonds is 2. The first-order chi connectivity index (χ1) is 5.94. The Labute approximate surface area is 85.6 Å². The Morgan fingerprint density at radius 1 is 1.31 bits per heavy atom. The maximum Gasteiger partial charge on any atom is 0.590 e. The SMILES string of the molecule is O=[P+](O)S(Cl)(Cl)c1ccc(F)cc1. The molecule has 1 atom stereocenters. The molecule has 0 saturated heterocycles. The average Bonchev–Trinajstić information content (AvgIpc) is 2.04. The highest BCUT2D eigenvalue weighted by Gasteiger charge is 2.42. The molecule has 72 valence electrons. The number of halogens is 3. The Morgan fingerprint density at radius 3 is 2.15 bits per heavy atom. The van der Waals surface area contributed by atoms with E-state index in [2.05, 4.69) is 0 Å². The predicted molar refractivity (Wildman–Crippen MR) is 53.8 cm³/mol. The summed E-state index contributed by atoms with van der Waals surface area (Å²) in [6.45, 7) is 0. The van der Waals surface area contributed by atoms with Gasteiger partial charge in [0.1, 0.15) is 5.82 Å². The summed E-state index contributed by atoms with van der Waals surface area (Å²) >= 11 is 0. The van der Waals surface area contributed by atoms with Crippen LogP contribution in [0.5, 0.6) is 0 Å². The van der Waals surface area contributed by atoms with Crippen LogP contribution < -0.4 is 0 Å². The van der Waals surface area contributed by atoms with Crippen molar-refractivity contribution in [3.63, 3.8) is 0 Å². The lowest BCUT2D eigenvalue weighted by molar-refractivity contribution is 0.519. The van der Waals surface area contributed by atoms with E-state index in [4.69, 9.17) is 26.3 Å². The van der Waals surface area contributed by atoms with Crippen LogP contribution in [0.25, 0.3) is 0 Å². The van der Waals surface area contributed by atoms with Crippen LogP contribution in [-0.4, -0.2) is 4.89 Å². The van der Waals surface area contributed by atoms with Crippen molar-refractivity contribution in [1.82, 2.24) is 0 Å². The van der Waals surface area contributed by atoms with Crippen molar-refractivity contribution in [2.45, 2.75) is 4.90 Å². The summed E-state index contributed by atoms with van der Waals surface area (Å²) in [5.74, 6) is -0.444. The van der Waals surface area contributed by atoms with Crippen LogP contribution in [0.2, 0.25) is 0 Å². The van der Waals surface area contributed by atoms with E-state index >= 15 is 0 Å². The molecule has 0 fully saturated rings. The molecule has 0 radical (unpaired) electrons. The van der Waals surface area contributed by atoms with Gasteiger partial charge in [-0.25, -0.2) is 4.39 Å². The molecule has 7 heteroatoms. The molecule has 1 aromatic rings. The van der Waals surface area contributed by atoms with E-state index < -0.39 is 21.1 Å². The maximum absolute atomic E-state index is 12.5. The fourth-order valence-electron chi connectivity index (χ4n) is 0.688. The fourth-order valence-corrected chi connectivity index (χ4v) is 2.86. The molecule has 0 aliphatic heterocycles. The van der Waals surface area contributed by atoms with Gasteiger partial charge in [-0.15, -0.1) is 4.89 Å². The van der Waals surface area contributed by atoms with E-state index in [0.29, 0.717) is 0 Å². The predicted octanol–water partition coefficient (Wildman–Crippen LogP) is 3.95. The summed E-state index contributed by atoms with van der Waals surface area (Å²) in [6, 6.07) is 4.88. The smallest absolute Gasteiger partial charge is 0.207 e. The highest BCUT2D eigenvalue weighted by atomic mass is 36.0. The molecule has 0 bridgehead atoms. The number of hydrogen-bond donors (Lipinski definition) is 1. The molecule has 0 aliphatic rings. The van der Waals surface area contributed by atoms with Crippen molar-refractivity contribution in [2.24, 2.45) is 0 Å². The second kappa shape index (κ2) is 4.11. The van der Waals surface area contributed by atoms with Crippen LogP contribution in [-0.2, 0) is 4.57 Å². The molecule has 1 unspecified atom stereocenters. The van der Waals surface area contributed by atoms with Crippen molar-refractivity contribution in [3.8, 4) is 0 Å². The lowest BCUT2D eigenvalue weighted by atomic mass is 10.4. The lowest BCUT2D eigenvalue weighted by Crippen LogP contribution is -1.80. The molecule has 0 aliphatic carbocycles. The van der Waals surface area contributed by atoms with E-state index in [1.165, 1.54) is 12.1 Å². The van der Waals surface area contributed by atoms with Crippen LogP contribution in [0.3, 0.4) is 0 Å². The lowest BCUT2D eigenvalue weighted by Gasteiger charge is -2.08. The number of hydrogen-bond acceptors (Lipinski definition) is 1. The molecule has 0 heterocycles. The minimum absolute atomic E-state index is 0.279. The molecule has 13 heavy (non-hydrogen) atoms. The normalized spacial score (nSPS) is 14.0. The fraction of sp³-hybridized carbons (Fsp3) is 0. The Balaban J connectivity index is 3.08. The third kappa shape index (κ3) is 2.55. The summed E-state index contributed by atoms with van der Waals surface area (Å²) in [4.78, 5) is 9.07. The maximum atomic E-state index is 12.5. The highest BCUT2D eigenvalue weighted by Crippen LogP contribution is 2.80. The summed E-state index contributed by atoms with van der Waals surface area (Å²) in [6.07, 6.45) is 0. The van der Waals surface area contributed by atoms with Crippen LogP contribution in [0.15, 0.2) is 29.2 Å². The second-order valence-electron chi connectivity index (χ2n) is 2.13. The van der Waals surface area contributed by atoms with Crippen LogP contribution in [0, 0.1) is 5.82 Å². The first-order valence-corrected chi connectivity index (χ1v) is 8.19. The molecule has 1 N–H and O–H groups in total. The van der Waals surface area contributed by atoms with Crippen LogP contribution in [0.1, 0.15) is 0 Å².